The van der Waals surface area contributed by atoms with Gasteiger partial charge < -0.3 is 4.90 Å². The smallest absolute Gasteiger partial charge is 0.0673 e. The van der Waals surface area contributed by atoms with E-state index >= 15 is 0 Å². The van der Waals surface area contributed by atoms with Gasteiger partial charge in [-0.05, 0) is 55.2 Å². The summed E-state index contributed by atoms with van der Waals surface area (Å²) in [7, 11) is 0. The van der Waals surface area contributed by atoms with Crippen LogP contribution in [0.25, 0.3) is 0 Å². The molecule has 0 spiro atoms. The van der Waals surface area contributed by atoms with Gasteiger partial charge in [0.2, 0.25) is 0 Å². The Kier molecular flexibility index (Phi) is 4.26. The van der Waals surface area contributed by atoms with E-state index in [2.05, 4.69) is 34.2 Å². The molecular formula is C18H19ClN2. The lowest BCUT2D eigenvalue weighted by Crippen LogP contribution is -2.17. The molecule has 2 aromatic carbocycles. The number of aryl methyl sites for hydroxylation is 1. The Bertz CT molecular complexity index is 641. The van der Waals surface area contributed by atoms with Gasteiger partial charge >= 0.3 is 0 Å². The summed E-state index contributed by atoms with van der Waals surface area (Å²) in [6.07, 6.45) is 4.50. The Labute approximate surface area is 131 Å². The topological polar surface area (TPSA) is 15.6 Å². The third kappa shape index (κ3) is 3.45. The van der Waals surface area contributed by atoms with Gasteiger partial charge in [-0.15, -0.1) is 0 Å². The van der Waals surface area contributed by atoms with Crippen molar-refractivity contribution in [2.75, 3.05) is 18.0 Å². The van der Waals surface area contributed by atoms with Crippen LogP contribution in [0.5, 0.6) is 0 Å². The zero-order valence-electron chi connectivity index (χ0n) is 12.2. The van der Waals surface area contributed by atoms with Crippen LogP contribution in [0.2, 0.25) is 5.02 Å². The molecule has 0 amide bonds. The van der Waals surface area contributed by atoms with Gasteiger partial charge in [-0.2, -0.15) is 0 Å². The lowest BCUT2D eigenvalue weighted by molar-refractivity contribution is 0.949. The number of hydrogen-bond acceptors (Lipinski definition) is 2. The zero-order valence-corrected chi connectivity index (χ0v) is 13.0. The largest absolute Gasteiger partial charge is 0.372 e. The van der Waals surface area contributed by atoms with Crippen LogP contribution in [-0.4, -0.2) is 19.3 Å². The van der Waals surface area contributed by atoms with Crippen molar-refractivity contribution in [2.45, 2.75) is 19.8 Å². The number of aliphatic imine (C=N–C) groups is 1. The van der Waals surface area contributed by atoms with E-state index in [0.29, 0.717) is 0 Å². The van der Waals surface area contributed by atoms with E-state index in [1.807, 2.05) is 31.3 Å². The van der Waals surface area contributed by atoms with Crippen molar-refractivity contribution in [3.05, 3.63) is 58.6 Å². The molecule has 0 saturated carbocycles. The molecule has 1 heterocycles. The van der Waals surface area contributed by atoms with Crippen LogP contribution in [0.4, 0.5) is 11.4 Å². The van der Waals surface area contributed by atoms with Gasteiger partial charge in [-0.3, -0.25) is 4.99 Å². The van der Waals surface area contributed by atoms with E-state index in [9.17, 15) is 0 Å². The minimum absolute atomic E-state index is 0.720. The molecule has 0 atom stereocenters. The van der Waals surface area contributed by atoms with Crippen molar-refractivity contribution in [3.63, 3.8) is 0 Å². The summed E-state index contributed by atoms with van der Waals surface area (Å²) in [4.78, 5) is 6.97. The fraction of sp³-hybridized carbons (Fsp3) is 0.278. The average Bonchev–Trinajstić information content (AvgIpc) is 3.03. The number of nitrogens with zero attached hydrogens (tertiary/aromatic N) is 2. The van der Waals surface area contributed by atoms with Crippen molar-refractivity contribution in [3.8, 4) is 0 Å². The predicted octanol–water partition coefficient (Wildman–Crippen LogP) is 5.00. The van der Waals surface area contributed by atoms with Gasteiger partial charge in [0, 0.05) is 30.0 Å². The maximum absolute atomic E-state index is 6.01. The SMILES string of the molecule is Cc1ccc(Cl)cc1N=Cc1ccc(N2CCCC2)cc1. The van der Waals surface area contributed by atoms with Gasteiger partial charge in [0.25, 0.3) is 0 Å². The molecule has 1 saturated heterocycles. The van der Waals surface area contributed by atoms with Gasteiger partial charge in [-0.25, -0.2) is 0 Å². The van der Waals surface area contributed by atoms with Gasteiger partial charge in [0.1, 0.15) is 0 Å². The monoisotopic (exact) mass is 298 g/mol. The average molecular weight is 299 g/mol. The molecule has 2 nitrogen and oxygen atoms in total. The van der Waals surface area contributed by atoms with Crippen LogP contribution < -0.4 is 4.90 Å². The maximum Gasteiger partial charge on any atom is 0.0673 e. The van der Waals surface area contributed by atoms with Crippen molar-refractivity contribution in [1.29, 1.82) is 0 Å². The van der Waals surface area contributed by atoms with Crippen molar-refractivity contribution < 1.29 is 0 Å². The second-order valence-electron chi connectivity index (χ2n) is 5.47. The molecule has 1 fully saturated rings. The Morgan fingerprint density at radius 2 is 1.76 bits per heavy atom. The Hall–Kier alpha value is -1.80. The molecule has 108 valence electrons. The molecule has 0 N–H and O–H groups in total. The molecule has 0 unspecified atom stereocenters. The van der Waals surface area contributed by atoms with Crippen LogP contribution in [-0.2, 0) is 0 Å². The van der Waals surface area contributed by atoms with Crippen LogP contribution in [0.15, 0.2) is 47.5 Å². The summed E-state index contributed by atoms with van der Waals surface area (Å²) in [5.41, 5.74) is 4.47. The molecule has 0 aliphatic carbocycles. The molecule has 2 aromatic rings. The molecule has 3 heteroatoms. The molecule has 21 heavy (non-hydrogen) atoms. The second-order valence-corrected chi connectivity index (χ2v) is 5.91. The minimum atomic E-state index is 0.720. The molecule has 0 bridgehead atoms. The van der Waals surface area contributed by atoms with Crippen LogP contribution >= 0.6 is 11.6 Å². The third-order valence-corrected chi connectivity index (χ3v) is 4.12. The normalized spacial score (nSPS) is 15.0. The van der Waals surface area contributed by atoms with Crippen LogP contribution in [0.3, 0.4) is 0 Å². The molecular weight excluding hydrogens is 280 g/mol. The Morgan fingerprint density at radius 3 is 2.48 bits per heavy atom. The highest BCUT2D eigenvalue weighted by molar-refractivity contribution is 6.30. The number of anilines is 1. The summed E-state index contributed by atoms with van der Waals surface area (Å²) in [6, 6.07) is 14.4. The fourth-order valence-electron chi connectivity index (χ4n) is 2.61. The Morgan fingerprint density at radius 1 is 1.05 bits per heavy atom. The van der Waals surface area contributed by atoms with Gasteiger partial charge in [-0.1, -0.05) is 29.8 Å². The number of benzene rings is 2. The first kappa shape index (κ1) is 14.2. The lowest BCUT2D eigenvalue weighted by Gasteiger charge is -2.17. The predicted molar refractivity (Wildman–Crippen MR) is 91.3 cm³/mol. The molecule has 0 aromatic heterocycles. The van der Waals surface area contributed by atoms with Crippen LogP contribution in [0, 0.1) is 6.92 Å². The molecule has 0 radical (unpaired) electrons. The molecule has 1 aliphatic rings. The van der Waals surface area contributed by atoms with Crippen molar-refractivity contribution >= 4 is 29.2 Å². The highest BCUT2D eigenvalue weighted by Crippen LogP contribution is 2.23. The first-order valence-corrected chi connectivity index (χ1v) is 7.75. The summed E-state index contributed by atoms with van der Waals surface area (Å²) < 4.78 is 0. The summed E-state index contributed by atoms with van der Waals surface area (Å²) >= 11 is 6.01. The second kappa shape index (κ2) is 6.31. The zero-order chi connectivity index (χ0) is 14.7. The van der Waals surface area contributed by atoms with E-state index < -0.39 is 0 Å². The maximum atomic E-state index is 6.01. The lowest BCUT2D eigenvalue weighted by atomic mass is 10.2. The standard InChI is InChI=1S/C18H19ClN2/c1-14-4-7-16(19)12-18(14)20-13-15-5-8-17(9-6-15)21-10-2-3-11-21/h4-9,12-13H,2-3,10-11H2,1H3. The number of rotatable bonds is 3. The van der Waals surface area contributed by atoms with Crippen molar-refractivity contribution in [1.82, 2.24) is 0 Å². The van der Waals surface area contributed by atoms with Gasteiger partial charge in [0.15, 0.2) is 0 Å². The molecule has 3 rings (SSSR count). The van der Waals surface area contributed by atoms with E-state index in [-0.39, 0.29) is 0 Å². The highest BCUT2D eigenvalue weighted by Gasteiger charge is 2.11. The summed E-state index contributed by atoms with van der Waals surface area (Å²) in [5.74, 6) is 0. The first-order chi connectivity index (χ1) is 10.2. The highest BCUT2D eigenvalue weighted by atomic mass is 35.5. The Balaban J connectivity index is 1.75. The third-order valence-electron chi connectivity index (χ3n) is 3.89. The van der Waals surface area contributed by atoms with Crippen molar-refractivity contribution in [2.24, 2.45) is 4.99 Å². The van der Waals surface area contributed by atoms with E-state index in [1.165, 1.54) is 31.6 Å². The minimum Gasteiger partial charge on any atom is -0.372 e. The van der Waals surface area contributed by atoms with E-state index in [4.69, 9.17) is 11.6 Å². The number of halogens is 1. The fourth-order valence-corrected chi connectivity index (χ4v) is 2.78. The number of hydrogen-bond donors (Lipinski definition) is 0. The summed E-state index contributed by atoms with van der Waals surface area (Å²) in [6.45, 7) is 4.39. The van der Waals surface area contributed by atoms with Gasteiger partial charge in [0.05, 0.1) is 5.69 Å². The first-order valence-electron chi connectivity index (χ1n) is 7.37. The summed E-state index contributed by atoms with van der Waals surface area (Å²) in [5, 5.41) is 0.720. The quantitative estimate of drug-likeness (QED) is 0.728. The van der Waals surface area contributed by atoms with Crippen LogP contribution in [0.1, 0.15) is 24.0 Å². The molecule has 1 aliphatic heterocycles. The van der Waals surface area contributed by atoms with E-state index in [0.717, 1.165) is 21.8 Å². The van der Waals surface area contributed by atoms with E-state index in [1.54, 1.807) is 0 Å².